The number of para-hydroxylation sites is 2. The Kier molecular flexibility index (Phi) is 6.19. The largest absolute Gasteiger partial charge is 0.493 e. The molecule has 2 rings (SSSR count). The van der Waals surface area contributed by atoms with Gasteiger partial charge in [0.15, 0.2) is 11.5 Å². The third kappa shape index (κ3) is 4.41. The number of nitrogens with one attached hydrogen (secondary N) is 1. The molecule has 1 aliphatic rings. The van der Waals surface area contributed by atoms with Gasteiger partial charge in [-0.25, -0.2) is 0 Å². The summed E-state index contributed by atoms with van der Waals surface area (Å²) in [4.78, 5) is 0. The van der Waals surface area contributed by atoms with Crippen LogP contribution in [-0.4, -0.2) is 26.8 Å². The zero-order valence-corrected chi connectivity index (χ0v) is 12.7. The van der Waals surface area contributed by atoms with Gasteiger partial charge in [-0.05, 0) is 36.9 Å². The fourth-order valence-electron chi connectivity index (χ4n) is 2.95. The molecule has 0 radical (unpaired) electrons. The van der Waals surface area contributed by atoms with E-state index >= 15 is 0 Å². The van der Waals surface area contributed by atoms with Crippen LogP contribution in [0, 0.1) is 11.8 Å². The summed E-state index contributed by atoms with van der Waals surface area (Å²) in [5, 5.41) is 3.53. The fourth-order valence-corrected chi connectivity index (χ4v) is 2.95. The third-order valence-electron chi connectivity index (χ3n) is 4.30. The average Bonchev–Trinajstić information content (AvgIpc) is 2.49. The van der Waals surface area contributed by atoms with Crippen molar-refractivity contribution in [3.05, 3.63) is 24.3 Å². The van der Waals surface area contributed by atoms with Crippen molar-refractivity contribution in [1.82, 2.24) is 5.32 Å². The summed E-state index contributed by atoms with van der Waals surface area (Å²) < 4.78 is 11.0. The zero-order chi connectivity index (χ0) is 14.2. The number of hydrogen-bond donors (Lipinski definition) is 1. The van der Waals surface area contributed by atoms with Crippen molar-refractivity contribution in [3.63, 3.8) is 0 Å². The van der Waals surface area contributed by atoms with E-state index in [1.165, 1.54) is 25.7 Å². The quantitative estimate of drug-likeness (QED) is 0.774. The molecule has 1 saturated carbocycles. The molecule has 1 aromatic carbocycles. The summed E-state index contributed by atoms with van der Waals surface area (Å²) in [5.74, 6) is 3.33. The number of benzene rings is 1. The van der Waals surface area contributed by atoms with Gasteiger partial charge in [-0.15, -0.1) is 0 Å². The van der Waals surface area contributed by atoms with Crippen LogP contribution in [-0.2, 0) is 0 Å². The van der Waals surface area contributed by atoms with E-state index in [-0.39, 0.29) is 0 Å². The minimum Gasteiger partial charge on any atom is -0.493 e. The van der Waals surface area contributed by atoms with E-state index in [2.05, 4.69) is 12.2 Å². The standard InChI is InChI=1S/C17H27NO2/c1-14-7-3-4-8-15(14)13-18-11-12-20-17-10-6-5-9-16(17)19-2/h5-6,9-10,14-15,18H,3-4,7-8,11-13H2,1-2H3. The van der Waals surface area contributed by atoms with E-state index in [9.17, 15) is 0 Å². The van der Waals surface area contributed by atoms with Crippen LogP contribution in [0.1, 0.15) is 32.6 Å². The van der Waals surface area contributed by atoms with Gasteiger partial charge in [-0.3, -0.25) is 0 Å². The highest BCUT2D eigenvalue weighted by molar-refractivity contribution is 5.39. The van der Waals surface area contributed by atoms with Gasteiger partial charge in [0.1, 0.15) is 6.61 Å². The number of rotatable bonds is 7. The molecule has 0 spiro atoms. The number of methoxy groups -OCH3 is 1. The maximum atomic E-state index is 5.76. The minimum absolute atomic E-state index is 0.682. The van der Waals surface area contributed by atoms with Crippen LogP contribution in [0.3, 0.4) is 0 Å². The molecule has 2 unspecified atom stereocenters. The minimum atomic E-state index is 0.682. The second-order valence-electron chi connectivity index (χ2n) is 5.73. The van der Waals surface area contributed by atoms with Gasteiger partial charge < -0.3 is 14.8 Å². The van der Waals surface area contributed by atoms with Crippen LogP contribution in [0.4, 0.5) is 0 Å². The predicted molar refractivity (Wildman–Crippen MR) is 82.5 cm³/mol. The summed E-state index contributed by atoms with van der Waals surface area (Å²) in [6, 6.07) is 7.79. The van der Waals surface area contributed by atoms with Gasteiger partial charge in [-0.2, -0.15) is 0 Å². The summed E-state index contributed by atoms with van der Waals surface area (Å²) >= 11 is 0. The molecule has 1 fully saturated rings. The van der Waals surface area contributed by atoms with Crippen molar-refractivity contribution in [2.45, 2.75) is 32.6 Å². The Hall–Kier alpha value is -1.22. The first-order valence-corrected chi connectivity index (χ1v) is 7.78. The molecule has 0 heterocycles. The van der Waals surface area contributed by atoms with E-state index in [1.54, 1.807) is 7.11 Å². The van der Waals surface area contributed by atoms with Crippen LogP contribution in [0.2, 0.25) is 0 Å². The lowest BCUT2D eigenvalue weighted by molar-refractivity contribution is 0.237. The molecule has 112 valence electrons. The normalized spacial score (nSPS) is 22.5. The number of ether oxygens (including phenoxy) is 2. The Morgan fingerprint density at radius 3 is 2.65 bits per heavy atom. The first-order chi connectivity index (χ1) is 9.81. The van der Waals surface area contributed by atoms with E-state index < -0.39 is 0 Å². The van der Waals surface area contributed by atoms with Crippen molar-refractivity contribution in [3.8, 4) is 11.5 Å². The molecule has 1 N–H and O–H groups in total. The van der Waals surface area contributed by atoms with Crippen LogP contribution in [0.25, 0.3) is 0 Å². The maximum Gasteiger partial charge on any atom is 0.161 e. The van der Waals surface area contributed by atoms with Crippen molar-refractivity contribution >= 4 is 0 Å². The van der Waals surface area contributed by atoms with E-state index in [4.69, 9.17) is 9.47 Å². The Bertz CT molecular complexity index is 394. The van der Waals surface area contributed by atoms with E-state index in [0.717, 1.165) is 36.4 Å². The fraction of sp³-hybridized carbons (Fsp3) is 0.647. The predicted octanol–water partition coefficient (Wildman–Crippen LogP) is 3.49. The topological polar surface area (TPSA) is 30.5 Å². The van der Waals surface area contributed by atoms with Gasteiger partial charge in [0, 0.05) is 6.54 Å². The molecule has 20 heavy (non-hydrogen) atoms. The Morgan fingerprint density at radius 2 is 1.90 bits per heavy atom. The molecule has 2 atom stereocenters. The van der Waals surface area contributed by atoms with Crippen molar-refractivity contribution < 1.29 is 9.47 Å². The molecule has 1 aromatic rings. The Labute approximate surface area is 122 Å². The van der Waals surface area contributed by atoms with Crippen LogP contribution < -0.4 is 14.8 Å². The maximum absolute atomic E-state index is 5.76. The Morgan fingerprint density at radius 1 is 1.15 bits per heavy atom. The molecule has 0 amide bonds. The van der Waals surface area contributed by atoms with Gasteiger partial charge in [0.25, 0.3) is 0 Å². The lowest BCUT2D eigenvalue weighted by Crippen LogP contribution is -2.31. The third-order valence-corrected chi connectivity index (χ3v) is 4.30. The number of hydrogen-bond acceptors (Lipinski definition) is 3. The first-order valence-electron chi connectivity index (χ1n) is 7.78. The van der Waals surface area contributed by atoms with Crippen LogP contribution >= 0.6 is 0 Å². The second kappa shape index (κ2) is 8.15. The molecule has 0 bridgehead atoms. The van der Waals surface area contributed by atoms with Crippen molar-refractivity contribution in [1.29, 1.82) is 0 Å². The molecule has 0 aromatic heterocycles. The van der Waals surface area contributed by atoms with Crippen LogP contribution in [0.15, 0.2) is 24.3 Å². The van der Waals surface area contributed by atoms with Crippen LogP contribution in [0.5, 0.6) is 11.5 Å². The highest BCUT2D eigenvalue weighted by Gasteiger charge is 2.20. The van der Waals surface area contributed by atoms with Gasteiger partial charge in [0.05, 0.1) is 7.11 Å². The summed E-state index contributed by atoms with van der Waals surface area (Å²) in [6.07, 6.45) is 5.58. The first kappa shape index (κ1) is 15.2. The van der Waals surface area contributed by atoms with Crippen molar-refractivity contribution in [2.24, 2.45) is 11.8 Å². The highest BCUT2D eigenvalue weighted by Crippen LogP contribution is 2.29. The SMILES string of the molecule is COc1ccccc1OCCNCC1CCCCC1C. The lowest BCUT2D eigenvalue weighted by atomic mass is 9.80. The molecule has 0 saturated heterocycles. The van der Waals surface area contributed by atoms with Gasteiger partial charge in [-0.1, -0.05) is 38.3 Å². The Balaban J connectivity index is 1.64. The van der Waals surface area contributed by atoms with E-state index in [1.807, 2.05) is 24.3 Å². The molecular formula is C17H27NO2. The van der Waals surface area contributed by atoms with E-state index in [0.29, 0.717) is 6.61 Å². The average molecular weight is 277 g/mol. The molecule has 1 aliphatic carbocycles. The summed E-state index contributed by atoms with van der Waals surface area (Å²) in [5.41, 5.74) is 0. The monoisotopic (exact) mass is 277 g/mol. The molecule has 3 nitrogen and oxygen atoms in total. The molecule has 3 heteroatoms. The second-order valence-corrected chi connectivity index (χ2v) is 5.73. The lowest BCUT2D eigenvalue weighted by Gasteiger charge is -2.28. The highest BCUT2D eigenvalue weighted by atomic mass is 16.5. The molecular weight excluding hydrogens is 250 g/mol. The zero-order valence-electron chi connectivity index (χ0n) is 12.7. The van der Waals surface area contributed by atoms with Gasteiger partial charge in [0.2, 0.25) is 0 Å². The van der Waals surface area contributed by atoms with Crippen molar-refractivity contribution in [2.75, 3.05) is 26.8 Å². The summed E-state index contributed by atoms with van der Waals surface area (Å²) in [6.45, 7) is 5.08. The molecule has 0 aliphatic heterocycles. The van der Waals surface area contributed by atoms with Gasteiger partial charge >= 0.3 is 0 Å². The summed E-state index contributed by atoms with van der Waals surface area (Å²) in [7, 11) is 1.67. The smallest absolute Gasteiger partial charge is 0.161 e.